The molecule has 0 bridgehead atoms. The SMILES string of the molecule is CCCc1ccc(C2(c3ccc(Sc4ccc(C(C)(C)C)cc4)cc3)c3cc(N(c4ccccc4)c4ccc(C(C)(C)C)cc4)c4c(oc5ccccc54)c3-c3c2cc(N(c2ccccc2)c2ccc(C(C)(C)C)cc2)c2oc4ccccc4c32)cc1. The van der Waals surface area contributed by atoms with Crippen molar-refractivity contribution in [3.63, 3.8) is 0 Å². The molecular weight excluding hydrogens is 1080 g/mol. The largest absolute Gasteiger partial charge is 0.455 e. The molecule has 0 spiro atoms. The molecule has 0 saturated heterocycles. The molecule has 0 amide bonds. The molecule has 2 heterocycles. The molecule has 87 heavy (non-hydrogen) atoms. The highest BCUT2D eigenvalue weighted by Crippen LogP contribution is 2.65. The third-order valence-corrected chi connectivity index (χ3v) is 19.0. The van der Waals surface area contributed by atoms with Gasteiger partial charge < -0.3 is 18.6 Å². The number of fused-ring (bicyclic) bond motifs is 11. The summed E-state index contributed by atoms with van der Waals surface area (Å²) in [6.07, 6.45) is 2.04. The molecule has 430 valence electrons. The highest BCUT2D eigenvalue weighted by atomic mass is 32.2. The van der Waals surface area contributed by atoms with Crippen LogP contribution in [-0.4, -0.2) is 0 Å². The molecule has 0 fully saturated rings. The van der Waals surface area contributed by atoms with E-state index in [4.69, 9.17) is 8.83 Å². The van der Waals surface area contributed by atoms with Crippen molar-refractivity contribution in [2.24, 2.45) is 0 Å². The minimum Gasteiger partial charge on any atom is -0.455 e. The molecule has 13 aromatic rings. The van der Waals surface area contributed by atoms with Gasteiger partial charge in [0.25, 0.3) is 0 Å². The van der Waals surface area contributed by atoms with E-state index in [1.165, 1.54) is 37.6 Å². The van der Waals surface area contributed by atoms with Gasteiger partial charge in [-0.15, -0.1) is 0 Å². The molecule has 0 radical (unpaired) electrons. The standard InChI is InChI=1S/C82H74N2O2S/c1-11-22-53-31-33-57(34-32-53)82(58-41-49-64(50-42-58)87-63-47-39-56(40-48-63)81(8,9)10)67-52-70(84(60-25-16-13-17-26-60)62-45-37-55(38-46-62)80(5,6)7)77-74(66-28-19-21-30-72(66)85-77)75(67)76-68(82)51-69(73-65-27-18-20-29-71(65)86-78(73)76)83(59-23-14-12-15-24-59)61-43-35-54(36-44-61)79(2,3)4/h12-21,23-52H,11,22H2,1-10H3. The number of furan rings is 2. The van der Waals surface area contributed by atoms with Crippen LogP contribution in [0.2, 0.25) is 0 Å². The van der Waals surface area contributed by atoms with Crippen molar-refractivity contribution in [3.8, 4) is 11.1 Å². The van der Waals surface area contributed by atoms with E-state index >= 15 is 0 Å². The summed E-state index contributed by atoms with van der Waals surface area (Å²) >= 11 is 1.81. The smallest absolute Gasteiger partial charge is 0.160 e. The summed E-state index contributed by atoms with van der Waals surface area (Å²) in [6.45, 7) is 22.8. The second-order valence-corrected chi connectivity index (χ2v) is 27.9. The van der Waals surface area contributed by atoms with Crippen LogP contribution in [0.4, 0.5) is 34.1 Å². The maximum absolute atomic E-state index is 7.63. The Morgan fingerprint density at radius 3 is 1.26 bits per heavy atom. The summed E-state index contributed by atoms with van der Waals surface area (Å²) in [5.41, 5.74) is 20.5. The van der Waals surface area contributed by atoms with Crippen LogP contribution in [0.15, 0.2) is 261 Å². The average Bonchev–Trinajstić information content (AvgIpc) is 1.52. The van der Waals surface area contributed by atoms with E-state index < -0.39 is 5.41 Å². The lowest BCUT2D eigenvalue weighted by molar-refractivity contribution is 0.589. The highest BCUT2D eigenvalue weighted by Gasteiger charge is 2.51. The molecule has 11 aromatic carbocycles. The van der Waals surface area contributed by atoms with Crippen LogP contribution in [0.3, 0.4) is 0 Å². The Morgan fingerprint density at radius 2 is 0.770 bits per heavy atom. The molecule has 5 heteroatoms. The molecule has 0 saturated carbocycles. The fraction of sp³-hybridized carbons (Fsp3) is 0.195. The zero-order valence-corrected chi connectivity index (χ0v) is 52.4. The molecule has 1 aliphatic rings. The van der Waals surface area contributed by atoms with Gasteiger partial charge in [-0.25, -0.2) is 0 Å². The predicted molar refractivity (Wildman–Crippen MR) is 368 cm³/mol. The Hall–Kier alpha value is -9.03. The minimum atomic E-state index is -0.937. The van der Waals surface area contributed by atoms with Crippen LogP contribution in [0.25, 0.3) is 55.0 Å². The summed E-state index contributed by atoms with van der Waals surface area (Å²) < 4.78 is 15.1. The van der Waals surface area contributed by atoms with Gasteiger partial charge in [0.15, 0.2) is 5.58 Å². The van der Waals surface area contributed by atoms with Crippen LogP contribution >= 0.6 is 11.8 Å². The molecule has 14 rings (SSSR count). The lowest BCUT2D eigenvalue weighted by Crippen LogP contribution is -2.29. The fourth-order valence-electron chi connectivity index (χ4n) is 13.5. The van der Waals surface area contributed by atoms with Crippen molar-refractivity contribution in [1.82, 2.24) is 0 Å². The topological polar surface area (TPSA) is 32.8 Å². The first kappa shape index (κ1) is 55.8. The zero-order chi connectivity index (χ0) is 60.0. The number of benzene rings is 11. The first-order valence-electron chi connectivity index (χ1n) is 30.9. The first-order valence-corrected chi connectivity index (χ1v) is 31.7. The number of aryl methyl sites for hydroxylation is 1. The molecule has 4 nitrogen and oxygen atoms in total. The lowest BCUT2D eigenvalue weighted by atomic mass is 9.67. The second-order valence-electron chi connectivity index (χ2n) is 26.8. The highest BCUT2D eigenvalue weighted by molar-refractivity contribution is 7.99. The van der Waals surface area contributed by atoms with Gasteiger partial charge in [-0.3, -0.25) is 0 Å². The summed E-state index contributed by atoms with van der Waals surface area (Å²) in [5.74, 6) is 0. The van der Waals surface area contributed by atoms with E-state index in [9.17, 15) is 0 Å². The number of anilines is 6. The van der Waals surface area contributed by atoms with E-state index in [1.54, 1.807) is 0 Å². The number of hydrogen-bond acceptors (Lipinski definition) is 5. The molecular formula is C82H74N2O2S. The van der Waals surface area contributed by atoms with Crippen molar-refractivity contribution in [2.45, 2.75) is 114 Å². The Kier molecular flexibility index (Phi) is 13.8. The van der Waals surface area contributed by atoms with Crippen molar-refractivity contribution in [1.29, 1.82) is 0 Å². The summed E-state index contributed by atoms with van der Waals surface area (Å²) in [4.78, 5) is 7.26. The quantitative estimate of drug-likeness (QED) is 0.122. The van der Waals surface area contributed by atoms with Crippen LogP contribution < -0.4 is 9.80 Å². The molecule has 2 aromatic heterocycles. The third-order valence-electron chi connectivity index (χ3n) is 18.0. The molecule has 0 aliphatic heterocycles. The number of para-hydroxylation sites is 4. The summed E-state index contributed by atoms with van der Waals surface area (Å²) in [6, 6.07) is 90.5. The van der Waals surface area contributed by atoms with Crippen molar-refractivity contribution in [3.05, 3.63) is 287 Å². The fourth-order valence-corrected chi connectivity index (χ4v) is 14.3. The third kappa shape index (κ3) is 9.63. The number of hydrogen-bond donors (Lipinski definition) is 0. The van der Waals surface area contributed by atoms with E-state index in [0.717, 1.165) is 119 Å². The van der Waals surface area contributed by atoms with Gasteiger partial charge >= 0.3 is 0 Å². The molecule has 0 N–H and O–H groups in total. The van der Waals surface area contributed by atoms with Crippen LogP contribution in [0.5, 0.6) is 0 Å². The van der Waals surface area contributed by atoms with Crippen LogP contribution in [0.1, 0.15) is 120 Å². The molecule has 1 aliphatic carbocycles. The van der Waals surface area contributed by atoms with E-state index in [1.807, 2.05) is 11.8 Å². The van der Waals surface area contributed by atoms with Gasteiger partial charge in [-0.1, -0.05) is 233 Å². The Morgan fingerprint density at radius 1 is 0.379 bits per heavy atom. The van der Waals surface area contributed by atoms with Gasteiger partial charge in [0.1, 0.15) is 16.7 Å². The van der Waals surface area contributed by atoms with Gasteiger partial charge in [0, 0.05) is 59.8 Å². The maximum atomic E-state index is 7.63. The van der Waals surface area contributed by atoms with E-state index in [2.05, 4.69) is 322 Å². The number of rotatable bonds is 12. The Balaban J connectivity index is 1.15. The van der Waals surface area contributed by atoms with Crippen LogP contribution in [0, 0.1) is 0 Å². The monoisotopic (exact) mass is 1150 g/mol. The lowest BCUT2D eigenvalue weighted by Gasteiger charge is -2.36. The normalized spacial score (nSPS) is 14.3. The zero-order valence-electron chi connectivity index (χ0n) is 51.6. The molecule has 1 unspecified atom stereocenters. The average molecular weight is 1150 g/mol. The van der Waals surface area contributed by atoms with Gasteiger partial charge in [-0.2, -0.15) is 0 Å². The molecule has 1 atom stereocenters. The Labute approximate surface area is 517 Å². The van der Waals surface area contributed by atoms with Crippen LogP contribution in [-0.2, 0) is 28.1 Å². The summed E-state index contributed by atoms with van der Waals surface area (Å²) in [7, 11) is 0. The van der Waals surface area contributed by atoms with E-state index in [0.29, 0.717) is 0 Å². The van der Waals surface area contributed by atoms with Crippen molar-refractivity contribution >= 4 is 89.8 Å². The first-order chi connectivity index (χ1) is 42.0. The second kappa shape index (κ2) is 21.4. The van der Waals surface area contributed by atoms with Crippen molar-refractivity contribution < 1.29 is 8.83 Å². The summed E-state index contributed by atoms with van der Waals surface area (Å²) in [5, 5.41) is 4.20. The van der Waals surface area contributed by atoms with Gasteiger partial charge in [0.05, 0.1) is 22.2 Å². The Bertz CT molecular complexity index is 4670. The maximum Gasteiger partial charge on any atom is 0.160 e. The van der Waals surface area contributed by atoms with Crippen molar-refractivity contribution in [2.75, 3.05) is 9.80 Å². The minimum absolute atomic E-state index is 0.0336. The van der Waals surface area contributed by atoms with Gasteiger partial charge in [0.2, 0.25) is 0 Å². The predicted octanol–water partition coefficient (Wildman–Crippen LogP) is 23.8. The van der Waals surface area contributed by atoms with Gasteiger partial charge in [-0.05, 0) is 164 Å². The number of nitrogens with zero attached hydrogens (tertiary/aromatic N) is 2. The van der Waals surface area contributed by atoms with E-state index in [-0.39, 0.29) is 16.2 Å².